The number of methoxy groups -OCH3 is 2. The number of benzene rings is 4. The number of anilines is 1. The molecule has 38 heavy (non-hydrogen) atoms. The first-order chi connectivity index (χ1) is 18.4. The van der Waals surface area contributed by atoms with Crippen molar-refractivity contribution in [2.75, 3.05) is 19.5 Å². The largest absolute Gasteiger partial charge is 0.493 e. The third kappa shape index (κ3) is 5.53. The molecule has 0 saturated carbocycles. The Morgan fingerprint density at radius 3 is 2.29 bits per heavy atom. The number of carbonyl (C=O) groups excluding carboxylic acids is 3. The fourth-order valence-electron chi connectivity index (χ4n) is 3.80. The number of para-hydroxylation sites is 1. The van der Waals surface area contributed by atoms with Crippen LogP contribution >= 0.6 is 0 Å². The second-order valence-electron chi connectivity index (χ2n) is 7.99. The lowest BCUT2D eigenvalue weighted by atomic mass is 10.0. The van der Waals surface area contributed by atoms with Gasteiger partial charge in [0.1, 0.15) is 11.6 Å². The molecular weight excluding hydrogens is 484 g/mol. The highest BCUT2D eigenvalue weighted by Crippen LogP contribution is 2.31. The third-order valence-corrected chi connectivity index (χ3v) is 5.66. The number of ether oxygens (including phenoxy) is 3. The van der Waals surface area contributed by atoms with Gasteiger partial charge < -0.3 is 19.5 Å². The molecule has 0 aromatic heterocycles. The van der Waals surface area contributed by atoms with Crippen molar-refractivity contribution in [3.8, 4) is 17.6 Å². The van der Waals surface area contributed by atoms with Crippen LogP contribution in [0.25, 0.3) is 16.8 Å². The minimum atomic E-state index is -0.714. The number of esters is 2. The van der Waals surface area contributed by atoms with Crippen LogP contribution in [0.15, 0.2) is 90.5 Å². The van der Waals surface area contributed by atoms with Crippen LogP contribution in [0, 0.1) is 11.3 Å². The third-order valence-electron chi connectivity index (χ3n) is 5.66. The Labute approximate surface area is 218 Å². The Hall–Kier alpha value is -5.42. The predicted molar refractivity (Wildman–Crippen MR) is 142 cm³/mol. The maximum Gasteiger partial charge on any atom is 0.344 e. The van der Waals surface area contributed by atoms with E-state index < -0.39 is 17.8 Å². The number of nitriles is 1. The van der Waals surface area contributed by atoms with Gasteiger partial charge in [0.15, 0.2) is 11.5 Å². The van der Waals surface area contributed by atoms with Crippen molar-refractivity contribution in [2.24, 2.45) is 0 Å². The Balaban J connectivity index is 1.57. The van der Waals surface area contributed by atoms with Gasteiger partial charge in [0.25, 0.3) is 5.91 Å². The van der Waals surface area contributed by atoms with Crippen molar-refractivity contribution in [1.82, 2.24) is 0 Å². The average molecular weight is 507 g/mol. The Morgan fingerprint density at radius 1 is 0.816 bits per heavy atom. The van der Waals surface area contributed by atoms with Gasteiger partial charge in [-0.2, -0.15) is 5.26 Å². The summed E-state index contributed by atoms with van der Waals surface area (Å²) in [7, 11) is 2.65. The van der Waals surface area contributed by atoms with E-state index in [0.717, 1.165) is 10.8 Å². The highest BCUT2D eigenvalue weighted by Gasteiger charge is 2.18. The molecule has 0 radical (unpaired) electrons. The second-order valence-corrected chi connectivity index (χ2v) is 7.99. The van der Waals surface area contributed by atoms with Gasteiger partial charge in [0, 0.05) is 0 Å². The smallest absolute Gasteiger partial charge is 0.344 e. The van der Waals surface area contributed by atoms with Gasteiger partial charge in [0.05, 0.1) is 31.0 Å². The Bertz CT molecular complexity index is 1610. The molecule has 0 fully saturated rings. The molecule has 0 atom stereocenters. The molecule has 0 aliphatic carbocycles. The van der Waals surface area contributed by atoms with Crippen LogP contribution in [0.5, 0.6) is 11.5 Å². The summed E-state index contributed by atoms with van der Waals surface area (Å²) in [6.45, 7) is 0. The number of amides is 1. The summed E-state index contributed by atoms with van der Waals surface area (Å²) in [4.78, 5) is 37.7. The summed E-state index contributed by atoms with van der Waals surface area (Å²) in [6.07, 6.45) is 1.36. The Kier molecular flexibility index (Phi) is 7.80. The van der Waals surface area contributed by atoms with Crippen LogP contribution in [0.4, 0.5) is 5.69 Å². The zero-order valence-corrected chi connectivity index (χ0v) is 20.6. The molecule has 4 aromatic rings. The average Bonchev–Trinajstić information content (AvgIpc) is 2.95. The summed E-state index contributed by atoms with van der Waals surface area (Å²) in [6, 6.07) is 25.7. The fraction of sp³-hybridized carbons (Fsp3) is 0.0667. The standard InChI is InChI=1S/C30H22N2O6/c1-36-27-17-19(16-21(18-31)28(33)32-25-13-6-5-11-24(25)29(34)37-2)14-15-26(27)38-30(35)23-12-7-9-20-8-3-4-10-22(20)23/h3-17H,1-2H3,(H,32,33)/b21-16+. The predicted octanol–water partition coefficient (Wildman–Crippen LogP) is 5.40. The van der Waals surface area contributed by atoms with Gasteiger partial charge >= 0.3 is 11.9 Å². The van der Waals surface area contributed by atoms with E-state index >= 15 is 0 Å². The highest BCUT2D eigenvalue weighted by atomic mass is 16.6. The first kappa shape index (κ1) is 25.7. The molecule has 0 heterocycles. The lowest BCUT2D eigenvalue weighted by molar-refractivity contribution is -0.112. The molecule has 8 heteroatoms. The molecule has 0 unspecified atom stereocenters. The molecule has 4 rings (SSSR count). The van der Waals surface area contributed by atoms with Crippen molar-refractivity contribution in [1.29, 1.82) is 5.26 Å². The summed E-state index contributed by atoms with van der Waals surface area (Å²) < 4.78 is 15.7. The lowest BCUT2D eigenvalue weighted by Gasteiger charge is -2.12. The molecule has 0 aliphatic heterocycles. The van der Waals surface area contributed by atoms with Gasteiger partial charge in [-0.15, -0.1) is 0 Å². The van der Waals surface area contributed by atoms with E-state index in [1.54, 1.807) is 36.4 Å². The quantitative estimate of drug-likeness (QED) is 0.154. The number of rotatable bonds is 7. The van der Waals surface area contributed by atoms with Gasteiger partial charge in [-0.1, -0.05) is 54.6 Å². The summed E-state index contributed by atoms with van der Waals surface area (Å²) in [5.41, 5.74) is 1.01. The zero-order chi connectivity index (χ0) is 27.1. The molecule has 1 N–H and O–H groups in total. The number of nitrogens with zero attached hydrogens (tertiary/aromatic N) is 1. The van der Waals surface area contributed by atoms with Crippen molar-refractivity contribution < 1.29 is 28.6 Å². The minimum Gasteiger partial charge on any atom is -0.493 e. The summed E-state index contributed by atoms with van der Waals surface area (Å²) in [5.74, 6) is -1.47. The number of nitrogens with one attached hydrogen (secondary N) is 1. The van der Waals surface area contributed by atoms with Crippen LogP contribution in [-0.4, -0.2) is 32.1 Å². The number of carbonyl (C=O) groups is 3. The van der Waals surface area contributed by atoms with Gasteiger partial charge in [-0.3, -0.25) is 4.79 Å². The van der Waals surface area contributed by atoms with E-state index in [4.69, 9.17) is 14.2 Å². The molecule has 188 valence electrons. The van der Waals surface area contributed by atoms with Crippen molar-refractivity contribution in [3.63, 3.8) is 0 Å². The molecule has 0 saturated heterocycles. The van der Waals surface area contributed by atoms with Crippen molar-refractivity contribution in [2.45, 2.75) is 0 Å². The summed E-state index contributed by atoms with van der Waals surface area (Å²) in [5, 5.41) is 13.8. The first-order valence-corrected chi connectivity index (χ1v) is 11.4. The van der Waals surface area contributed by atoms with Crippen LogP contribution in [0.1, 0.15) is 26.3 Å². The molecule has 8 nitrogen and oxygen atoms in total. The minimum absolute atomic E-state index is 0.152. The van der Waals surface area contributed by atoms with E-state index in [1.165, 1.54) is 38.5 Å². The van der Waals surface area contributed by atoms with E-state index in [-0.39, 0.29) is 28.3 Å². The van der Waals surface area contributed by atoms with Gasteiger partial charge in [-0.25, -0.2) is 9.59 Å². The maximum atomic E-state index is 12.9. The summed E-state index contributed by atoms with van der Waals surface area (Å²) >= 11 is 0. The molecule has 0 spiro atoms. The SMILES string of the molecule is COC(=O)c1ccccc1NC(=O)/C(C#N)=C/c1ccc(OC(=O)c2cccc3ccccc23)c(OC)c1. The van der Waals surface area contributed by atoms with Crippen LogP contribution < -0.4 is 14.8 Å². The number of hydrogen-bond donors (Lipinski definition) is 1. The number of fused-ring (bicyclic) bond motifs is 1. The maximum absolute atomic E-state index is 12.9. The van der Waals surface area contributed by atoms with E-state index in [1.807, 2.05) is 36.4 Å². The van der Waals surface area contributed by atoms with Crippen LogP contribution in [-0.2, 0) is 9.53 Å². The topological polar surface area (TPSA) is 115 Å². The zero-order valence-electron chi connectivity index (χ0n) is 20.6. The van der Waals surface area contributed by atoms with Gasteiger partial charge in [0.2, 0.25) is 0 Å². The number of hydrogen-bond acceptors (Lipinski definition) is 7. The monoisotopic (exact) mass is 506 g/mol. The van der Waals surface area contributed by atoms with E-state index in [2.05, 4.69) is 5.32 Å². The highest BCUT2D eigenvalue weighted by molar-refractivity contribution is 6.12. The van der Waals surface area contributed by atoms with E-state index in [0.29, 0.717) is 11.1 Å². The van der Waals surface area contributed by atoms with Crippen molar-refractivity contribution in [3.05, 3.63) is 107 Å². The molecule has 0 aliphatic rings. The normalized spacial score (nSPS) is 10.8. The van der Waals surface area contributed by atoms with E-state index in [9.17, 15) is 19.6 Å². The molecule has 1 amide bonds. The molecular formula is C30H22N2O6. The van der Waals surface area contributed by atoms with Gasteiger partial charge in [-0.05, 0) is 52.7 Å². The molecule has 4 aromatic carbocycles. The molecule has 0 bridgehead atoms. The second kappa shape index (κ2) is 11.5. The van der Waals surface area contributed by atoms with Crippen LogP contribution in [0.3, 0.4) is 0 Å². The van der Waals surface area contributed by atoms with Crippen molar-refractivity contribution >= 4 is 40.4 Å². The van der Waals surface area contributed by atoms with Crippen LogP contribution in [0.2, 0.25) is 0 Å². The lowest BCUT2D eigenvalue weighted by Crippen LogP contribution is -2.16. The Morgan fingerprint density at radius 2 is 1.53 bits per heavy atom. The first-order valence-electron chi connectivity index (χ1n) is 11.4. The fourth-order valence-corrected chi connectivity index (χ4v) is 3.80.